The summed E-state index contributed by atoms with van der Waals surface area (Å²) in [5.74, 6) is -0.623. The van der Waals surface area contributed by atoms with Crippen molar-refractivity contribution in [3.8, 4) is 6.07 Å². The predicted octanol–water partition coefficient (Wildman–Crippen LogP) is 1.68. The molecule has 2 aromatic carbocycles. The summed E-state index contributed by atoms with van der Waals surface area (Å²) in [7, 11) is -3.58. The van der Waals surface area contributed by atoms with Crippen LogP contribution in [0.5, 0.6) is 0 Å². The Kier molecular flexibility index (Phi) is 7.23. The van der Waals surface area contributed by atoms with Gasteiger partial charge in [-0.2, -0.15) is 9.57 Å². The number of aryl methyl sites for hydroxylation is 1. The van der Waals surface area contributed by atoms with Gasteiger partial charge in [-0.3, -0.25) is 4.79 Å². The SMILES string of the molecule is Cc1cc(S(=O)(=O)N(C)C)cc(NC(=O)CN(C)S(=O)(=O)c2ccc(C#N)cc2)c1C. The molecule has 31 heavy (non-hydrogen) atoms. The largest absolute Gasteiger partial charge is 0.325 e. The minimum absolute atomic E-state index is 0.0226. The van der Waals surface area contributed by atoms with Crippen LogP contribution in [-0.2, 0) is 24.8 Å². The van der Waals surface area contributed by atoms with E-state index >= 15 is 0 Å². The summed E-state index contributed by atoms with van der Waals surface area (Å²) in [6.07, 6.45) is 0. The average Bonchev–Trinajstić information content (AvgIpc) is 2.70. The van der Waals surface area contributed by atoms with Gasteiger partial charge in [0.05, 0.1) is 28.0 Å². The van der Waals surface area contributed by atoms with E-state index in [1.165, 1.54) is 57.5 Å². The van der Waals surface area contributed by atoms with E-state index in [9.17, 15) is 21.6 Å². The molecule has 2 rings (SSSR count). The third kappa shape index (κ3) is 5.29. The molecule has 0 fully saturated rings. The summed E-state index contributed by atoms with van der Waals surface area (Å²) >= 11 is 0. The highest BCUT2D eigenvalue weighted by atomic mass is 32.2. The molecule has 0 radical (unpaired) electrons. The van der Waals surface area contributed by atoms with Crippen molar-refractivity contribution in [2.75, 3.05) is 33.0 Å². The van der Waals surface area contributed by atoms with Crippen LogP contribution in [0.1, 0.15) is 16.7 Å². The Morgan fingerprint density at radius 1 is 0.968 bits per heavy atom. The fourth-order valence-corrected chi connectivity index (χ4v) is 4.82. The number of carbonyl (C=O) groups is 1. The lowest BCUT2D eigenvalue weighted by Crippen LogP contribution is -2.35. The van der Waals surface area contributed by atoms with E-state index in [-0.39, 0.29) is 15.5 Å². The lowest BCUT2D eigenvalue weighted by atomic mass is 10.1. The minimum atomic E-state index is -3.95. The van der Waals surface area contributed by atoms with Gasteiger partial charge >= 0.3 is 0 Å². The predicted molar refractivity (Wildman–Crippen MR) is 116 cm³/mol. The van der Waals surface area contributed by atoms with Gasteiger partial charge in [0.2, 0.25) is 26.0 Å². The van der Waals surface area contributed by atoms with Crippen LogP contribution in [0.15, 0.2) is 46.2 Å². The van der Waals surface area contributed by atoms with Crippen LogP contribution in [0.2, 0.25) is 0 Å². The van der Waals surface area contributed by atoms with Gasteiger partial charge < -0.3 is 5.32 Å². The average molecular weight is 465 g/mol. The number of nitrogens with one attached hydrogen (secondary N) is 1. The highest BCUT2D eigenvalue weighted by Gasteiger charge is 2.24. The Labute approximate surface area is 183 Å². The van der Waals surface area contributed by atoms with Crippen molar-refractivity contribution >= 4 is 31.6 Å². The molecule has 9 nitrogen and oxygen atoms in total. The van der Waals surface area contributed by atoms with E-state index in [2.05, 4.69) is 5.32 Å². The number of rotatable bonds is 7. The van der Waals surface area contributed by atoms with E-state index in [0.717, 1.165) is 8.61 Å². The number of benzene rings is 2. The van der Waals surface area contributed by atoms with Crippen molar-refractivity contribution in [2.24, 2.45) is 0 Å². The Morgan fingerprint density at radius 3 is 2.06 bits per heavy atom. The quantitative estimate of drug-likeness (QED) is 0.664. The first-order valence-corrected chi connectivity index (χ1v) is 12.0. The summed E-state index contributed by atoms with van der Waals surface area (Å²) < 4.78 is 52.2. The minimum Gasteiger partial charge on any atom is -0.325 e. The Balaban J connectivity index is 2.25. The lowest BCUT2D eigenvalue weighted by Gasteiger charge is -2.19. The van der Waals surface area contributed by atoms with Crippen molar-refractivity contribution < 1.29 is 21.6 Å². The van der Waals surface area contributed by atoms with E-state index < -0.39 is 32.5 Å². The summed E-state index contributed by atoms with van der Waals surface area (Å²) in [5.41, 5.74) is 1.94. The van der Waals surface area contributed by atoms with Crippen molar-refractivity contribution in [3.63, 3.8) is 0 Å². The van der Waals surface area contributed by atoms with Crippen LogP contribution >= 0.6 is 0 Å². The molecule has 1 amide bonds. The van der Waals surface area contributed by atoms with Crippen molar-refractivity contribution in [3.05, 3.63) is 53.1 Å². The molecule has 11 heteroatoms. The van der Waals surface area contributed by atoms with Gasteiger partial charge in [0.15, 0.2) is 0 Å². The molecule has 1 N–H and O–H groups in total. The number of nitrogens with zero attached hydrogens (tertiary/aromatic N) is 3. The molecular formula is C20H24N4O5S2. The zero-order valence-electron chi connectivity index (χ0n) is 17.9. The van der Waals surface area contributed by atoms with Crippen molar-refractivity contribution in [1.29, 1.82) is 5.26 Å². The van der Waals surface area contributed by atoms with Crippen LogP contribution in [-0.4, -0.2) is 59.0 Å². The van der Waals surface area contributed by atoms with Gasteiger partial charge in [-0.05, 0) is 61.4 Å². The van der Waals surface area contributed by atoms with Crippen LogP contribution in [0, 0.1) is 25.2 Å². The first-order valence-electron chi connectivity index (χ1n) is 9.11. The summed E-state index contributed by atoms with van der Waals surface area (Å²) in [6, 6.07) is 10.1. The Hall–Kier alpha value is -2.78. The highest BCUT2D eigenvalue weighted by molar-refractivity contribution is 7.89. The molecule has 0 aromatic heterocycles. The summed E-state index contributed by atoms with van der Waals surface area (Å²) in [6.45, 7) is 2.97. The number of sulfonamides is 2. The number of nitriles is 1. The molecule has 0 saturated carbocycles. The molecular weight excluding hydrogens is 440 g/mol. The fourth-order valence-electron chi connectivity index (χ4n) is 2.67. The number of likely N-dealkylation sites (N-methyl/N-ethyl adjacent to an activating group) is 1. The second-order valence-corrected chi connectivity index (χ2v) is 11.3. The highest BCUT2D eigenvalue weighted by Crippen LogP contribution is 2.25. The maximum absolute atomic E-state index is 12.7. The molecule has 0 bridgehead atoms. The first kappa shape index (κ1) is 24.5. The molecule has 0 aliphatic carbocycles. The molecule has 0 saturated heterocycles. The number of anilines is 1. The molecule has 0 spiro atoms. The zero-order chi connectivity index (χ0) is 23.6. The monoisotopic (exact) mass is 464 g/mol. The summed E-state index contributed by atoms with van der Waals surface area (Å²) in [5, 5.41) is 11.4. The van der Waals surface area contributed by atoms with Gasteiger partial charge in [-0.15, -0.1) is 0 Å². The van der Waals surface area contributed by atoms with Crippen LogP contribution in [0.25, 0.3) is 0 Å². The molecule has 166 valence electrons. The molecule has 2 aromatic rings. The zero-order valence-corrected chi connectivity index (χ0v) is 19.5. The second-order valence-electron chi connectivity index (χ2n) is 7.15. The van der Waals surface area contributed by atoms with Crippen molar-refractivity contribution in [1.82, 2.24) is 8.61 Å². The lowest BCUT2D eigenvalue weighted by molar-refractivity contribution is -0.116. The van der Waals surface area contributed by atoms with Gasteiger partial charge in [0.1, 0.15) is 0 Å². The van der Waals surface area contributed by atoms with Crippen LogP contribution in [0.4, 0.5) is 5.69 Å². The van der Waals surface area contributed by atoms with E-state index in [1.807, 2.05) is 6.07 Å². The van der Waals surface area contributed by atoms with Crippen LogP contribution in [0.3, 0.4) is 0 Å². The van der Waals surface area contributed by atoms with Gasteiger partial charge in [0.25, 0.3) is 0 Å². The maximum atomic E-state index is 12.7. The molecule has 0 aliphatic rings. The van der Waals surface area contributed by atoms with Gasteiger partial charge in [0, 0.05) is 26.8 Å². The normalized spacial score (nSPS) is 12.1. The number of amides is 1. The Morgan fingerprint density at radius 2 is 1.55 bits per heavy atom. The summed E-state index contributed by atoms with van der Waals surface area (Å²) in [4.78, 5) is 12.5. The maximum Gasteiger partial charge on any atom is 0.243 e. The Bertz CT molecular complexity index is 1250. The third-order valence-corrected chi connectivity index (χ3v) is 8.36. The first-order chi connectivity index (χ1) is 14.3. The second kappa shape index (κ2) is 9.15. The van der Waals surface area contributed by atoms with E-state index in [4.69, 9.17) is 5.26 Å². The smallest absolute Gasteiger partial charge is 0.243 e. The molecule has 0 unspecified atom stereocenters. The molecule has 0 heterocycles. The standard InChI is InChI=1S/C20H24N4O5S2/c1-14-10-18(30(26,27)23(3)4)11-19(15(14)2)22-20(25)13-24(5)31(28,29)17-8-6-16(12-21)7-9-17/h6-11H,13H2,1-5H3,(H,22,25). The van der Waals surface area contributed by atoms with E-state index in [1.54, 1.807) is 13.8 Å². The third-order valence-electron chi connectivity index (χ3n) is 4.75. The number of hydrogen-bond acceptors (Lipinski definition) is 6. The molecule has 0 aliphatic heterocycles. The van der Waals surface area contributed by atoms with Gasteiger partial charge in [-0.25, -0.2) is 21.1 Å². The van der Waals surface area contributed by atoms with Crippen LogP contribution < -0.4 is 5.32 Å². The van der Waals surface area contributed by atoms with Crippen molar-refractivity contribution in [2.45, 2.75) is 23.6 Å². The number of hydrogen-bond donors (Lipinski definition) is 1. The topological polar surface area (TPSA) is 128 Å². The number of carbonyl (C=O) groups excluding carboxylic acids is 1. The van der Waals surface area contributed by atoms with E-state index in [0.29, 0.717) is 16.7 Å². The molecule has 0 atom stereocenters. The van der Waals surface area contributed by atoms with Gasteiger partial charge in [-0.1, -0.05) is 0 Å². The fraction of sp³-hybridized carbons (Fsp3) is 0.300.